The number of hydrogen-bond donors (Lipinski definition) is 1. The molecule has 0 aromatic heterocycles. The molecule has 0 fully saturated rings. The average Bonchev–Trinajstić information content (AvgIpc) is 2.14. The highest BCUT2D eigenvalue weighted by atomic mass is 35.5. The minimum Gasteiger partial charge on any atom is -0.320 e. The third-order valence-corrected chi connectivity index (χ3v) is 2.56. The van der Waals surface area contributed by atoms with E-state index in [4.69, 9.17) is 23.2 Å². The van der Waals surface area contributed by atoms with Gasteiger partial charge in [0.05, 0.1) is 5.02 Å². The van der Waals surface area contributed by atoms with Gasteiger partial charge >= 0.3 is 0 Å². The first-order valence-corrected chi connectivity index (χ1v) is 5.21. The quantitative estimate of drug-likeness (QED) is 0.863. The molecule has 0 atom stereocenters. The third-order valence-electron chi connectivity index (χ3n) is 2.01. The summed E-state index contributed by atoms with van der Waals surface area (Å²) in [5.74, 6) is -2.93. The van der Waals surface area contributed by atoms with E-state index in [-0.39, 0.29) is 23.6 Å². The molecular formula is C10H11Cl2F2N. The maximum absolute atomic E-state index is 13.6. The Morgan fingerprint density at radius 3 is 2.53 bits per heavy atom. The molecule has 0 aliphatic rings. The first-order chi connectivity index (χ1) is 6.97. The zero-order valence-electron chi connectivity index (χ0n) is 8.16. The first kappa shape index (κ1) is 12.7. The maximum atomic E-state index is 13.6. The molecule has 1 N–H and O–H groups in total. The monoisotopic (exact) mass is 253 g/mol. The van der Waals surface area contributed by atoms with Crippen molar-refractivity contribution in [2.45, 2.75) is 12.3 Å². The van der Waals surface area contributed by atoms with E-state index in [0.717, 1.165) is 0 Å². The van der Waals surface area contributed by atoms with Crippen molar-refractivity contribution in [1.29, 1.82) is 0 Å². The van der Waals surface area contributed by atoms with Gasteiger partial charge in [-0.1, -0.05) is 29.3 Å². The average molecular weight is 254 g/mol. The van der Waals surface area contributed by atoms with Gasteiger partial charge in [-0.2, -0.15) is 0 Å². The van der Waals surface area contributed by atoms with E-state index in [1.165, 1.54) is 18.2 Å². The maximum Gasteiger partial charge on any atom is 0.275 e. The molecule has 5 heteroatoms. The van der Waals surface area contributed by atoms with E-state index >= 15 is 0 Å². The molecule has 0 saturated carbocycles. The standard InChI is InChI=1S/C10H11Cl2F2N/c1-15-5-4-10(13,14)8-3-2-7(11)6-9(8)12/h2-3,6,15H,4-5H2,1H3. The topological polar surface area (TPSA) is 12.0 Å². The molecule has 0 unspecified atom stereocenters. The fraction of sp³-hybridized carbons (Fsp3) is 0.400. The molecule has 0 bridgehead atoms. The number of alkyl halides is 2. The normalized spacial score (nSPS) is 11.8. The largest absolute Gasteiger partial charge is 0.320 e. The summed E-state index contributed by atoms with van der Waals surface area (Å²) in [6, 6.07) is 4.00. The van der Waals surface area contributed by atoms with Crippen LogP contribution in [0.3, 0.4) is 0 Å². The van der Waals surface area contributed by atoms with Gasteiger partial charge in [0.15, 0.2) is 0 Å². The second kappa shape index (κ2) is 5.10. The lowest BCUT2D eigenvalue weighted by Gasteiger charge is -2.17. The lowest BCUT2D eigenvalue weighted by Crippen LogP contribution is -2.21. The number of hydrogen-bond acceptors (Lipinski definition) is 1. The van der Waals surface area contributed by atoms with Crippen molar-refractivity contribution in [2.24, 2.45) is 0 Å². The highest BCUT2D eigenvalue weighted by Crippen LogP contribution is 2.37. The van der Waals surface area contributed by atoms with E-state index < -0.39 is 5.92 Å². The van der Waals surface area contributed by atoms with Gasteiger partial charge in [0.25, 0.3) is 5.92 Å². The molecule has 0 amide bonds. The van der Waals surface area contributed by atoms with Crippen molar-refractivity contribution in [3.63, 3.8) is 0 Å². The van der Waals surface area contributed by atoms with Crippen LogP contribution in [0.25, 0.3) is 0 Å². The van der Waals surface area contributed by atoms with Crippen LogP contribution >= 0.6 is 23.2 Å². The lowest BCUT2D eigenvalue weighted by atomic mass is 10.1. The second-order valence-electron chi connectivity index (χ2n) is 3.18. The molecule has 1 nitrogen and oxygen atoms in total. The number of benzene rings is 1. The Kier molecular flexibility index (Phi) is 4.32. The fourth-order valence-electron chi connectivity index (χ4n) is 1.20. The molecular weight excluding hydrogens is 243 g/mol. The summed E-state index contributed by atoms with van der Waals surface area (Å²) in [5.41, 5.74) is -0.177. The minimum atomic E-state index is -2.93. The van der Waals surface area contributed by atoms with E-state index in [1.807, 2.05) is 0 Å². The number of nitrogens with one attached hydrogen (secondary N) is 1. The summed E-state index contributed by atoms with van der Waals surface area (Å²) < 4.78 is 27.1. The van der Waals surface area contributed by atoms with Gasteiger partial charge in [0.2, 0.25) is 0 Å². The van der Waals surface area contributed by atoms with Crippen LogP contribution in [0.1, 0.15) is 12.0 Å². The van der Waals surface area contributed by atoms with Crippen LogP contribution in [0.5, 0.6) is 0 Å². The second-order valence-corrected chi connectivity index (χ2v) is 4.03. The molecule has 0 saturated heterocycles. The summed E-state index contributed by atoms with van der Waals surface area (Å²) in [6.45, 7) is 0.228. The van der Waals surface area contributed by atoms with Gasteiger partial charge in [-0.3, -0.25) is 0 Å². The van der Waals surface area contributed by atoms with Gasteiger partial charge < -0.3 is 5.32 Å². The van der Waals surface area contributed by atoms with Crippen molar-refractivity contribution in [1.82, 2.24) is 5.32 Å². The summed E-state index contributed by atoms with van der Waals surface area (Å²) in [6.07, 6.45) is -0.287. The Hall–Kier alpha value is -0.380. The molecule has 84 valence electrons. The van der Waals surface area contributed by atoms with Crippen LogP contribution in [0.4, 0.5) is 8.78 Å². The van der Waals surface area contributed by atoms with Gasteiger partial charge in [0.1, 0.15) is 0 Å². The molecule has 0 radical (unpaired) electrons. The van der Waals surface area contributed by atoms with Gasteiger partial charge in [-0.25, -0.2) is 8.78 Å². The lowest BCUT2D eigenvalue weighted by molar-refractivity contribution is -0.0122. The molecule has 1 rings (SSSR count). The fourth-order valence-corrected chi connectivity index (χ4v) is 1.75. The summed E-state index contributed by atoms with van der Waals surface area (Å²) in [4.78, 5) is 0. The third kappa shape index (κ3) is 3.30. The van der Waals surface area contributed by atoms with Crippen LogP contribution < -0.4 is 5.32 Å². The van der Waals surface area contributed by atoms with Gasteiger partial charge in [0, 0.05) is 23.6 Å². The zero-order chi connectivity index (χ0) is 11.5. The van der Waals surface area contributed by atoms with Crippen molar-refractivity contribution in [3.8, 4) is 0 Å². The SMILES string of the molecule is CNCCC(F)(F)c1ccc(Cl)cc1Cl. The van der Waals surface area contributed by atoms with E-state index in [9.17, 15) is 8.78 Å². The molecule has 1 aromatic rings. The Morgan fingerprint density at radius 1 is 1.33 bits per heavy atom. The van der Waals surface area contributed by atoms with Crippen molar-refractivity contribution >= 4 is 23.2 Å². The highest BCUT2D eigenvalue weighted by molar-refractivity contribution is 6.35. The van der Waals surface area contributed by atoms with Crippen LogP contribution in [0.15, 0.2) is 18.2 Å². The van der Waals surface area contributed by atoms with E-state index in [0.29, 0.717) is 5.02 Å². The van der Waals surface area contributed by atoms with Crippen LogP contribution in [-0.2, 0) is 5.92 Å². The smallest absolute Gasteiger partial charge is 0.275 e. The minimum absolute atomic E-state index is 0.00334. The summed E-state index contributed by atoms with van der Waals surface area (Å²) in [7, 11) is 1.62. The molecule has 0 aliphatic heterocycles. The first-order valence-electron chi connectivity index (χ1n) is 4.45. The zero-order valence-corrected chi connectivity index (χ0v) is 9.67. The Morgan fingerprint density at radius 2 is 2.00 bits per heavy atom. The van der Waals surface area contributed by atoms with Crippen molar-refractivity contribution in [3.05, 3.63) is 33.8 Å². The Balaban J connectivity index is 2.93. The molecule has 0 aliphatic carbocycles. The van der Waals surface area contributed by atoms with E-state index in [2.05, 4.69) is 5.32 Å². The van der Waals surface area contributed by atoms with Gasteiger partial charge in [-0.15, -0.1) is 0 Å². The Bertz CT molecular complexity index is 342. The number of rotatable bonds is 4. The predicted octanol–water partition coefficient (Wildman–Crippen LogP) is 3.69. The van der Waals surface area contributed by atoms with Crippen LogP contribution in [0.2, 0.25) is 10.0 Å². The van der Waals surface area contributed by atoms with Gasteiger partial charge in [-0.05, 0) is 19.2 Å². The van der Waals surface area contributed by atoms with Crippen molar-refractivity contribution < 1.29 is 8.78 Å². The van der Waals surface area contributed by atoms with Crippen molar-refractivity contribution in [2.75, 3.05) is 13.6 Å². The summed E-state index contributed by atoms with van der Waals surface area (Å²) >= 11 is 11.3. The van der Waals surface area contributed by atoms with E-state index in [1.54, 1.807) is 7.05 Å². The Labute approximate surface area is 97.4 Å². The highest BCUT2D eigenvalue weighted by Gasteiger charge is 2.32. The molecule has 15 heavy (non-hydrogen) atoms. The predicted molar refractivity (Wildman–Crippen MR) is 58.9 cm³/mol. The summed E-state index contributed by atoms with van der Waals surface area (Å²) in [5, 5.41) is 3.03. The molecule has 1 aromatic carbocycles. The number of halogens is 4. The van der Waals surface area contributed by atoms with Crippen LogP contribution in [0, 0.1) is 0 Å². The molecule has 0 heterocycles. The van der Waals surface area contributed by atoms with Crippen LogP contribution in [-0.4, -0.2) is 13.6 Å². The molecule has 0 spiro atoms.